The van der Waals surface area contributed by atoms with Gasteiger partial charge >= 0.3 is 0 Å². The zero-order valence-corrected chi connectivity index (χ0v) is 13.1. The van der Waals surface area contributed by atoms with Crippen molar-refractivity contribution < 1.29 is 17.5 Å². The quantitative estimate of drug-likeness (QED) is 0.830. The van der Waals surface area contributed by atoms with Crippen LogP contribution in [0.1, 0.15) is 12.8 Å². The van der Waals surface area contributed by atoms with Crippen LogP contribution < -0.4 is 10.6 Å². The van der Waals surface area contributed by atoms with E-state index in [1.807, 2.05) is 0 Å². The lowest BCUT2D eigenvalue weighted by Gasteiger charge is -2.29. The molecular weight excluding hydrogens is 295 g/mol. The Balaban J connectivity index is 2.10. The van der Waals surface area contributed by atoms with Crippen molar-refractivity contribution in [3.05, 3.63) is 24.0 Å². The first kappa shape index (κ1) is 16.2. The summed E-state index contributed by atoms with van der Waals surface area (Å²) in [5, 5.41) is 6.44. The molecule has 5 nitrogen and oxygen atoms in total. The van der Waals surface area contributed by atoms with Gasteiger partial charge in [-0.15, -0.1) is 0 Å². The molecule has 1 saturated heterocycles. The predicted octanol–water partition coefficient (Wildman–Crippen LogP) is 1.41. The Morgan fingerprint density at radius 3 is 2.76 bits per heavy atom. The van der Waals surface area contributed by atoms with E-state index in [2.05, 4.69) is 10.6 Å². The van der Waals surface area contributed by atoms with Crippen LogP contribution in [0, 0.1) is 5.82 Å². The molecule has 1 aromatic carbocycles. The van der Waals surface area contributed by atoms with Crippen LogP contribution in [0.3, 0.4) is 0 Å². The standard InChI is InChI=1S/C14H21FN2O3S/c1-20-10-14(6-3-7-17-14)9-16-13-5-4-11(8-12(13)15)21(2,18)19/h4-5,8,16-17H,3,6-7,9-10H2,1-2H3. The van der Waals surface area contributed by atoms with Crippen molar-refractivity contribution in [1.29, 1.82) is 0 Å². The van der Waals surface area contributed by atoms with E-state index in [1.165, 1.54) is 12.1 Å². The Hall–Kier alpha value is -1.18. The maximum Gasteiger partial charge on any atom is 0.175 e. The van der Waals surface area contributed by atoms with Gasteiger partial charge in [-0.3, -0.25) is 0 Å². The van der Waals surface area contributed by atoms with E-state index in [1.54, 1.807) is 7.11 Å². The summed E-state index contributed by atoms with van der Waals surface area (Å²) in [6.07, 6.45) is 3.07. The minimum Gasteiger partial charge on any atom is -0.383 e. The first-order valence-corrected chi connectivity index (χ1v) is 8.73. The predicted molar refractivity (Wildman–Crippen MR) is 79.8 cm³/mol. The van der Waals surface area contributed by atoms with Crippen LogP contribution in [-0.4, -0.2) is 47.0 Å². The Labute approximate surface area is 124 Å². The second-order valence-electron chi connectivity index (χ2n) is 5.51. The zero-order chi connectivity index (χ0) is 15.5. The molecule has 1 fully saturated rings. The van der Waals surface area contributed by atoms with Crippen molar-refractivity contribution in [3.63, 3.8) is 0 Å². The van der Waals surface area contributed by atoms with Crippen LogP contribution in [-0.2, 0) is 14.6 Å². The first-order chi connectivity index (χ1) is 9.86. The molecule has 1 aliphatic rings. The Morgan fingerprint density at radius 1 is 1.48 bits per heavy atom. The zero-order valence-electron chi connectivity index (χ0n) is 12.3. The third kappa shape index (κ3) is 3.93. The average Bonchev–Trinajstić information content (AvgIpc) is 2.85. The number of hydrogen-bond acceptors (Lipinski definition) is 5. The lowest BCUT2D eigenvalue weighted by molar-refractivity contribution is 0.127. The maximum absolute atomic E-state index is 14.0. The summed E-state index contributed by atoms with van der Waals surface area (Å²) in [5.74, 6) is -0.566. The van der Waals surface area contributed by atoms with Gasteiger partial charge < -0.3 is 15.4 Å². The molecule has 1 aromatic rings. The van der Waals surface area contributed by atoms with Gasteiger partial charge in [0.05, 0.1) is 22.7 Å². The van der Waals surface area contributed by atoms with Gasteiger partial charge in [-0.1, -0.05) is 0 Å². The smallest absolute Gasteiger partial charge is 0.175 e. The molecule has 7 heteroatoms. The van der Waals surface area contributed by atoms with Crippen LogP contribution in [0.4, 0.5) is 10.1 Å². The fourth-order valence-electron chi connectivity index (χ4n) is 2.60. The number of nitrogens with one attached hydrogen (secondary N) is 2. The highest BCUT2D eigenvalue weighted by atomic mass is 32.2. The molecule has 0 aliphatic carbocycles. The fourth-order valence-corrected chi connectivity index (χ4v) is 3.24. The average molecular weight is 316 g/mol. The van der Waals surface area contributed by atoms with E-state index < -0.39 is 15.7 Å². The largest absolute Gasteiger partial charge is 0.383 e. The van der Waals surface area contributed by atoms with Crippen molar-refractivity contribution in [1.82, 2.24) is 5.32 Å². The number of hydrogen-bond donors (Lipinski definition) is 2. The number of halogens is 1. The highest BCUT2D eigenvalue weighted by Crippen LogP contribution is 2.23. The van der Waals surface area contributed by atoms with Gasteiger partial charge in [0, 0.05) is 19.9 Å². The monoisotopic (exact) mass is 316 g/mol. The Morgan fingerprint density at radius 2 is 2.24 bits per heavy atom. The molecule has 1 heterocycles. The molecule has 118 valence electrons. The number of anilines is 1. The second kappa shape index (κ2) is 6.29. The van der Waals surface area contributed by atoms with Crippen molar-refractivity contribution in [3.8, 4) is 0 Å². The minimum absolute atomic E-state index is 0.0175. The van der Waals surface area contributed by atoms with Gasteiger partial charge in [-0.25, -0.2) is 12.8 Å². The van der Waals surface area contributed by atoms with Gasteiger partial charge in [0.1, 0.15) is 5.82 Å². The van der Waals surface area contributed by atoms with Gasteiger partial charge in [0.25, 0.3) is 0 Å². The van der Waals surface area contributed by atoms with E-state index in [4.69, 9.17) is 4.74 Å². The molecule has 0 bridgehead atoms. The molecule has 0 saturated carbocycles. The molecule has 2 rings (SSSR count). The molecular formula is C14H21FN2O3S. The molecule has 0 spiro atoms. The molecule has 0 amide bonds. The highest BCUT2D eigenvalue weighted by molar-refractivity contribution is 7.90. The molecule has 21 heavy (non-hydrogen) atoms. The summed E-state index contributed by atoms with van der Waals surface area (Å²) in [6, 6.07) is 3.91. The Kier molecular flexibility index (Phi) is 4.85. The molecule has 2 N–H and O–H groups in total. The van der Waals surface area contributed by atoms with Crippen LogP contribution in [0.2, 0.25) is 0 Å². The third-order valence-electron chi connectivity index (χ3n) is 3.74. The lowest BCUT2D eigenvalue weighted by Crippen LogP contribution is -2.49. The summed E-state index contributed by atoms with van der Waals surface area (Å²) in [6.45, 7) is 1.99. The van der Waals surface area contributed by atoms with Gasteiger partial charge in [-0.2, -0.15) is 0 Å². The SMILES string of the molecule is COCC1(CNc2ccc(S(C)(=O)=O)cc2F)CCCN1. The number of ether oxygens (including phenoxy) is 1. The summed E-state index contributed by atoms with van der Waals surface area (Å²) < 4.78 is 42.0. The molecule has 0 radical (unpaired) electrons. The van der Waals surface area contributed by atoms with Crippen molar-refractivity contribution in [2.24, 2.45) is 0 Å². The summed E-state index contributed by atoms with van der Waals surface area (Å²) in [4.78, 5) is -0.0175. The second-order valence-corrected chi connectivity index (χ2v) is 7.53. The lowest BCUT2D eigenvalue weighted by atomic mass is 9.98. The van der Waals surface area contributed by atoms with Crippen molar-refractivity contribution in [2.45, 2.75) is 23.3 Å². The van der Waals surface area contributed by atoms with E-state index in [9.17, 15) is 12.8 Å². The minimum atomic E-state index is -3.39. The number of rotatable bonds is 6. The van der Waals surface area contributed by atoms with Crippen LogP contribution >= 0.6 is 0 Å². The summed E-state index contributed by atoms with van der Waals surface area (Å²) >= 11 is 0. The molecule has 1 unspecified atom stereocenters. The number of sulfone groups is 1. The van der Waals surface area contributed by atoms with Crippen LogP contribution in [0.25, 0.3) is 0 Å². The topological polar surface area (TPSA) is 67.4 Å². The molecule has 1 atom stereocenters. The summed E-state index contributed by atoms with van der Waals surface area (Å²) in [5.41, 5.74) is 0.100. The maximum atomic E-state index is 14.0. The van der Waals surface area contributed by atoms with Crippen LogP contribution in [0.15, 0.2) is 23.1 Å². The van der Waals surface area contributed by atoms with Crippen molar-refractivity contribution in [2.75, 3.05) is 38.4 Å². The third-order valence-corrected chi connectivity index (χ3v) is 4.85. The van der Waals surface area contributed by atoms with Gasteiger partial charge in [0.2, 0.25) is 0 Å². The Bertz CT molecular complexity index is 598. The molecule has 1 aliphatic heterocycles. The normalized spacial score (nSPS) is 22.4. The number of methoxy groups -OCH3 is 1. The van der Waals surface area contributed by atoms with Crippen molar-refractivity contribution >= 4 is 15.5 Å². The van der Waals surface area contributed by atoms with E-state index in [0.29, 0.717) is 18.8 Å². The van der Waals surface area contributed by atoms with Gasteiger partial charge in [-0.05, 0) is 37.6 Å². The van der Waals surface area contributed by atoms with E-state index >= 15 is 0 Å². The fraction of sp³-hybridized carbons (Fsp3) is 0.571. The van der Waals surface area contributed by atoms with E-state index in [0.717, 1.165) is 31.7 Å². The summed E-state index contributed by atoms with van der Waals surface area (Å²) in [7, 11) is -1.75. The first-order valence-electron chi connectivity index (χ1n) is 6.84. The number of benzene rings is 1. The highest BCUT2D eigenvalue weighted by Gasteiger charge is 2.33. The van der Waals surface area contributed by atoms with E-state index in [-0.39, 0.29) is 10.4 Å². The van der Waals surface area contributed by atoms with Gasteiger partial charge in [0.15, 0.2) is 9.84 Å². The van der Waals surface area contributed by atoms with Crippen LogP contribution in [0.5, 0.6) is 0 Å². The molecule has 0 aromatic heterocycles.